The minimum Gasteiger partial charge on any atom is -0.389 e. The average Bonchev–Trinajstić information content (AvgIpc) is 2.37. The van der Waals surface area contributed by atoms with Crippen LogP contribution >= 0.6 is 23.8 Å². The normalized spacial score (nSPS) is 17.0. The molecule has 0 saturated carbocycles. The summed E-state index contributed by atoms with van der Waals surface area (Å²) in [5, 5.41) is 0.544. The van der Waals surface area contributed by atoms with Gasteiger partial charge >= 0.3 is 6.18 Å². The van der Waals surface area contributed by atoms with E-state index in [-0.39, 0.29) is 4.99 Å². The van der Waals surface area contributed by atoms with Crippen molar-refractivity contribution in [1.29, 1.82) is 0 Å². The molecule has 1 heterocycles. The van der Waals surface area contributed by atoms with Crippen LogP contribution < -0.4 is 10.6 Å². The molecule has 0 aliphatic carbocycles. The maximum absolute atomic E-state index is 12.4. The smallest absolute Gasteiger partial charge is 0.389 e. The maximum atomic E-state index is 12.4. The van der Waals surface area contributed by atoms with Gasteiger partial charge in [0.15, 0.2) is 0 Å². The Morgan fingerprint density at radius 2 is 1.86 bits per heavy atom. The highest BCUT2D eigenvalue weighted by Crippen LogP contribution is 2.26. The summed E-state index contributed by atoms with van der Waals surface area (Å²) < 4.78 is 37.1. The summed E-state index contributed by atoms with van der Waals surface area (Å²) in [6.07, 6.45) is -4.16. The molecule has 2 N–H and O–H groups in total. The second kappa shape index (κ2) is 6.37. The van der Waals surface area contributed by atoms with Crippen LogP contribution in [0.4, 0.5) is 18.9 Å². The molecule has 0 aromatic heterocycles. The first-order chi connectivity index (χ1) is 9.76. The molecule has 116 valence electrons. The van der Waals surface area contributed by atoms with Crippen LogP contribution in [0, 0.1) is 0 Å². The molecule has 1 aromatic carbocycles. The predicted octanol–water partition coefficient (Wildman–Crippen LogP) is 2.66. The lowest BCUT2D eigenvalue weighted by Gasteiger charge is -2.37. The fraction of sp³-hybridized carbons (Fsp3) is 0.462. The third kappa shape index (κ3) is 4.46. The fourth-order valence-electron chi connectivity index (χ4n) is 2.38. The summed E-state index contributed by atoms with van der Waals surface area (Å²) in [5.74, 6) is 0. The molecule has 3 nitrogen and oxygen atoms in total. The van der Waals surface area contributed by atoms with Gasteiger partial charge in [0.2, 0.25) is 0 Å². The maximum Gasteiger partial charge on any atom is 0.401 e. The second-order valence-electron chi connectivity index (χ2n) is 4.90. The molecule has 1 aliphatic heterocycles. The van der Waals surface area contributed by atoms with Crippen molar-refractivity contribution in [3.05, 3.63) is 28.8 Å². The number of anilines is 1. The van der Waals surface area contributed by atoms with Crippen molar-refractivity contribution in [3.8, 4) is 0 Å². The number of alkyl halides is 3. The topological polar surface area (TPSA) is 32.5 Å². The number of hydrogen-bond donors (Lipinski definition) is 1. The van der Waals surface area contributed by atoms with Crippen molar-refractivity contribution in [2.24, 2.45) is 5.73 Å². The molecule has 1 aromatic rings. The summed E-state index contributed by atoms with van der Waals surface area (Å²) in [6, 6.07) is 5.18. The van der Waals surface area contributed by atoms with E-state index >= 15 is 0 Å². The molecule has 1 saturated heterocycles. The van der Waals surface area contributed by atoms with E-state index in [0.29, 0.717) is 36.8 Å². The van der Waals surface area contributed by atoms with Gasteiger partial charge in [-0.1, -0.05) is 23.8 Å². The molecule has 21 heavy (non-hydrogen) atoms. The lowest BCUT2D eigenvalue weighted by molar-refractivity contribution is -0.146. The highest BCUT2D eigenvalue weighted by molar-refractivity contribution is 7.80. The van der Waals surface area contributed by atoms with Crippen LogP contribution in [-0.4, -0.2) is 48.8 Å². The molecule has 8 heteroatoms. The zero-order chi connectivity index (χ0) is 15.6. The second-order valence-corrected chi connectivity index (χ2v) is 5.78. The van der Waals surface area contributed by atoms with Gasteiger partial charge in [-0.2, -0.15) is 13.2 Å². The van der Waals surface area contributed by atoms with Crippen molar-refractivity contribution in [2.45, 2.75) is 6.18 Å². The molecule has 1 fully saturated rings. The SMILES string of the molecule is NC(=S)c1ccc(Cl)cc1N1CCN(CC(F)(F)F)CC1. The number of thiocarbonyl (C=S) groups is 1. The fourth-order valence-corrected chi connectivity index (χ4v) is 2.71. The van der Waals surface area contributed by atoms with Crippen LogP contribution in [0.25, 0.3) is 0 Å². The van der Waals surface area contributed by atoms with Crippen LogP contribution in [0.5, 0.6) is 0 Å². The van der Waals surface area contributed by atoms with Gasteiger partial charge in [0, 0.05) is 42.5 Å². The standard InChI is InChI=1S/C13H15ClF3N3S/c14-9-1-2-10(12(18)21)11(7-9)20-5-3-19(4-6-20)8-13(15,16)17/h1-2,7H,3-6,8H2,(H2,18,21). The van der Waals surface area contributed by atoms with E-state index in [0.717, 1.165) is 5.69 Å². The highest BCUT2D eigenvalue weighted by atomic mass is 35.5. The van der Waals surface area contributed by atoms with Gasteiger partial charge in [-0.3, -0.25) is 4.90 Å². The van der Waals surface area contributed by atoms with Crippen molar-refractivity contribution in [3.63, 3.8) is 0 Å². The quantitative estimate of drug-likeness (QED) is 0.860. The van der Waals surface area contributed by atoms with Gasteiger partial charge in [-0.25, -0.2) is 0 Å². The summed E-state index contributed by atoms with van der Waals surface area (Å²) in [7, 11) is 0. The van der Waals surface area contributed by atoms with Crippen molar-refractivity contribution in [1.82, 2.24) is 4.90 Å². The number of nitrogens with two attached hydrogens (primary N) is 1. The van der Waals surface area contributed by atoms with E-state index in [4.69, 9.17) is 29.6 Å². The highest BCUT2D eigenvalue weighted by Gasteiger charge is 2.32. The van der Waals surface area contributed by atoms with E-state index in [1.807, 2.05) is 4.90 Å². The van der Waals surface area contributed by atoms with E-state index < -0.39 is 12.7 Å². The van der Waals surface area contributed by atoms with Crippen LogP contribution in [0.1, 0.15) is 5.56 Å². The Labute approximate surface area is 131 Å². The number of nitrogens with zero attached hydrogens (tertiary/aromatic N) is 2. The molecule has 0 spiro atoms. The molecule has 0 radical (unpaired) electrons. The molecular weight excluding hydrogens is 323 g/mol. The van der Waals surface area contributed by atoms with Gasteiger partial charge in [0.25, 0.3) is 0 Å². The number of hydrogen-bond acceptors (Lipinski definition) is 3. The van der Waals surface area contributed by atoms with Crippen molar-refractivity contribution >= 4 is 34.5 Å². The monoisotopic (exact) mass is 337 g/mol. The van der Waals surface area contributed by atoms with Gasteiger partial charge in [0.1, 0.15) is 4.99 Å². The zero-order valence-corrected chi connectivity index (χ0v) is 12.7. The van der Waals surface area contributed by atoms with E-state index in [1.54, 1.807) is 18.2 Å². The largest absolute Gasteiger partial charge is 0.401 e. The van der Waals surface area contributed by atoms with E-state index in [9.17, 15) is 13.2 Å². The Balaban J connectivity index is 2.09. The Bertz CT molecular complexity index is 528. The Morgan fingerprint density at radius 1 is 1.24 bits per heavy atom. The minimum atomic E-state index is -4.16. The summed E-state index contributed by atoms with van der Waals surface area (Å²) >= 11 is 11.0. The van der Waals surface area contributed by atoms with Gasteiger partial charge in [0.05, 0.1) is 6.54 Å². The van der Waals surface area contributed by atoms with E-state index in [2.05, 4.69) is 0 Å². The van der Waals surface area contributed by atoms with E-state index in [1.165, 1.54) is 4.90 Å². The Morgan fingerprint density at radius 3 is 2.38 bits per heavy atom. The molecule has 1 aliphatic rings. The average molecular weight is 338 g/mol. The van der Waals surface area contributed by atoms with Gasteiger partial charge in [-0.15, -0.1) is 0 Å². The van der Waals surface area contributed by atoms with Crippen LogP contribution in [-0.2, 0) is 0 Å². The van der Waals surface area contributed by atoms with Crippen LogP contribution in [0.15, 0.2) is 18.2 Å². The first-order valence-electron chi connectivity index (χ1n) is 6.40. The number of rotatable bonds is 3. The molecule has 0 atom stereocenters. The van der Waals surface area contributed by atoms with Crippen LogP contribution in [0.2, 0.25) is 5.02 Å². The first kappa shape index (κ1) is 16.3. The molecule has 0 bridgehead atoms. The lowest BCUT2D eigenvalue weighted by Crippen LogP contribution is -2.49. The third-order valence-corrected chi connectivity index (χ3v) is 3.80. The Kier molecular flexibility index (Phi) is 4.95. The summed E-state index contributed by atoms with van der Waals surface area (Å²) in [5.41, 5.74) is 7.16. The first-order valence-corrected chi connectivity index (χ1v) is 7.18. The van der Waals surface area contributed by atoms with Gasteiger partial charge in [-0.05, 0) is 18.2 Å². The summed E-state index contributed by atoms with van der Waals surface area (Å²) in [4.78, 5) is 3.61. The van der Waals surface area contributed by atoms with Crippen molar-refractivity contribution in [2.75, 3.05) is 37.6 Å². The van der Waals surface area contributed by atoms with Crippen molar-refractivity contribution < 1.29 is 13.2 Å². The summed E-state index contributed by atoms with van der Waals surface area (Å²) in [6.45, 7) is 0.752. The zero-order valence-electron chi connectivity index (χ0n) is 11.2. The molecule has 0 unspecified atom stereocenters. The number of halogens is 4. The lowest BCUT2D eigenvalue weighted by atomic mass is 10.1. The Hall–Kier alpha value is -1.05. The molecule has 0 amide bonds. The van der Waals surface area contributed by atoms with Crippen LogP contribution in [0.3, 0.4) is 0 Å². The third-order valence-electron chi connectivity index (χ3n) is 3.34. The molecule has 2 rings (SSSR count). The molecular formula is C13H15ClF3N3S. The number of piperazine rings is 1. The predicted molar refractivity (Wildman–Crippen MR) is 82.0 cm³/mol. The van der Waals surface area contributed by atoms with Gasteiger partial charge < -0.3 is 10.6 Å². The number of benzene rings is 1. The minimum absolute atomic E-state index is 0.249.